The second kappa shape index (κ2) is 7.72. The Bertz CT molecular complexity index is 504. The maximum Gasteiger partial charge on any atom is 0.409 e. The van der Waals surface area contributed by atoms with E-state index in [4.69, 9.17) is 4.74 Å². The van der Waals surface area contributed by atoms with Gasteiger partial charge < -0.3 is 4.74 Å². The first-order chi connectivity index (χ1) is 10.9. The van der Waals surface area contributed by atoms with Crippen molar-refractivity contribution in [2.24, 2.45) is 5.92 Å². The summed E-state index contributed by atoms with van der Waals surface area (Å²) in [6.45, 7) is 0. The molecule has 0 radical (unpaired) electrons. The Labute approximate surface area is 132 Å². The fourth-order valence-corrected chi connectivity index (χ4v) is 2.98. The Morgan fingerprint density at radius 2 is 2.00 bits per heavy atom. The highest BCUT2D eigenvalue weighted by Crippen LogP contribution is 2.34. The molecule has 0 unspecified atom stereocenters. The number of nitrogens with zero attached hydrogens (tertiary/aromatic N) is 2. The Morgan fingerprint density at radius 1 is 1.30 bits per heavy atom. The molecule has 0 spiro atoms. The molecule has 5 nitrogen and oxygen atoms in total. The lowest BCUT2D eigenvalue weighted by molar-refractivity contribution is -0.166. The topological polar surface area (TPSA) is 64.1 Å². The van der Waals surface area contributed by atoms with Crippen molar-refractivity contribution in [3.8, 4) is 0 Å². The number of carbonyl (C=O) groups is 1. The summed E-state index contributed by atoms with van der Waals surface area (Å²) in [5, 5.41) is 2.43. The van der Waals surface area contributed by atoms with Gasteiger partial charge in [-0.1, -0.05) is 19.3 Å². The molecule has 0 bridgehead atoms. The molecule has 128 valence electrons. The second-order valence-electron chi connectivity index (χ2n) is 5.67. The zero-order valence-corrected chi connectivity index (χ0v) is 12.8. The first kappa shape index (κ1) is 17.7. The predicted octanol–water partition coefficient (Wildman–Crippen LogP) is 2.79. The van der Waals surface area contributed by atoms with Crippen LogP contribution in [0.3, 0.4) is 0 Å². The monoisotopic (exact) mass is 331 g/mol. The molecule has 23 heavy (non-hydrogen) atoms. The molecule has 1 aromatic rings. The van der Waals surface area contributed by atoms with E-state index < -0.39 is 24.2 Å². The number of hydrogen-bond donors (Lipinski definition) is 1. The average molecular weight is 331 g/mol. The van der Waals surface area contributed by atoms with E-state index in [2.05, 4.69) is 15.3 Å². The fourth-order valence-electron chi connectivity index (χ4n) is 2.98. The molecule has 1 aromatic heterocycles. The van der Waals surface area contributed by atoms with Crippen LogP contribution in [0.5, 0.6) is 0 Å². The molecule has 0 aromatic carbocycles. The van der Waals surface area contributed by atoms with Crippen molar-refractivity contribution in [1.29, 1.82) is 0 Å². The largest absolute Gasteiger partial charge is 0.468 e. The number of carbonyl (C=O) groups excluding carboxylic acids is 1. The van der Waals surface area contributed by atoms with Crippen molar-refractivity contribution < 1.29 is 22.7 Å². The molecular weight excluding hydrogens is 311 g/mol. The summed E-state index contributed by atoms with van der Waals surface area (Å²) in [5.41, 5.74) is -0.260. The molecule has 2 atom stereocenters. The van der Waals surface area contributed by atoms with Gasteiger partial charge in [0.05, 0.1) is 19.0 Å². The molecule has 1 aliphatic rings. The fraction of sp³-hybridized carbons (Fsp3) is 0.667. The number of alkyl halides is 3. The van der Waals surface area contributed by atoms with Gasteiger partial charge in [0.15, 0.2) is 0 Å². The zero-order valence-electron chi connectivity index (χ0n) is 12.8. The molecule has 2 rings (SSSR count). The van der Waals surface area contributed by atoms with Crippen LogP contribution in [0, 0.1) is 5.92 Å². The van der Waals surface area contributed by atoms with Crippen LogP contribution < -0.4 is 5.32 Å². The van der Waals surface area contributed by atoms with E-state index in [9.17, 15) is 18.0 Å². The smallest absolute Gasteiger partial charge is 0.409 e. The molecule has 1 saturated carbocycles. The Morgan fingerprint density at radius 3 is 2.52 bits per heavy atom. The zero-order chi connectivity index (χ0) is 16.9. The summed E-state index contributed by atoms with van der Waals surface area (Å²) >= 11 is 0. The quantitative estimate of drug-likeness (QED) is 0.841. The minimum atomic E-state index is -4.59. The lowest BCUT2D eigenvalue weighted by atomic mass is 9.83. The van der Waals surface area contributed by atoms with Gasteiger partial charge in [-0.2, -0.15) is 13.2 Å². The first-order valence-corrected chi connectivity index (χ1v) is 7.60. The highest BCUT2D eigenvalue weighted by molar-refractivity contribution is 5.76. The number of methoxy groups -OCH3 is 1. The SMILES string of the molecule is COC(=O)[C@@H](N[C@@H](c1cnccn1)C(F)(F)F)C1CCCCC1. The lowest BCUT2D eigenvalue weighted by Crippen LogP contribution is -2.49. The molecule has 1 fully saturated rings. The number of aromatic nitrogens is 2. The van der Waals surface area contributed by atoms with Gasteiger partial charge >= 0.3 is 12.1 Å². The molecule has 1 heterocycles. The van der Waals surface area contributed by atoms with Gasteiger partial charge in [0.1, 0.15) is 12.1 Å². The van der Waals surface area contributed by atoms with E-state index in [0.717, 1.165) is 25.5 Å². The van der Waals surface area contributed by atoms with Crippen LogP contribution in [0.2, 0.25) is 0 Å². The van der Waals surface area contributed by atoms with Crippen molar-refractivity contribution in [3.05, 3.63) is 24.3 Å². The summed E-state index contributed by atoms with van der Waals surface area (Å²) in [7, 11) is 1.19. The summed E-state index contributed by atoms with van der Waals surface area (Å²) in [6.07, 6.45) is 3.23. The minimum Gasteiger partial charge on any atom is -0.468 e. The van der Waals surface area contributed by atoms with Crippen molar-refractivity contribution in [2.75, 3.05) is 7.11 Å². The van der Waals surface area contributed by atoms with Gasteiger partial charge in [-0.15, -0.1) is 0 Å². The third kappa shape index (κ3) is 4.63. The number of ether oxygens (including phenoxy) is 1. The van der Waals surface area contributed by atoms with Crippen LogP contribution in [0.1, 0.15) is 43.8 Å². The van der Waals surface area contributed by atoms with Crippen LogP contribution in [0.15, 0.2) is 18.6 Å². The maximum atomic E-state index is 13.4. The van der Waals surface area contributed by atoms with Crippen LogP contribution in [-0.4, -0.2) is 35.3 Å². The Balaban J connectivity index is 2.24. The van der Waals surface area contributed by atoms with Gasteiger partial charge in [-0.25, -0.2) is 0 Å². The van der Waals surface area contributed by atoms with Crippen LogP contribution in [-0.2, 0) is 9.53 Å². The molecule has 0 aliphatic heterocycles. The third-order valence-electron chi connectivity index (χ3n) is 4.13. The number of esters is 1. The molecule has 0 amide bonds. The first-order valence-electron chi connectivity index (χ1n) is 7.60. The maximum absolute atomic E-state index is 13.4. The summed E-state index contributed by atoms with van der Waals surface area (Å²) < 4.78 is 45.0. The normalized spacial score (nSPS) is 19.1. The Hall–Kier alpha value is -1.70. The van der Waals surface area contributed by atoms with E-state index in [1.165, 1.54) is 19.5 Å². The lowest BCUT2D eigenvalue weighted by Gasteiger charge is -2.32. The number of rotatable bonds is 5. The molecule has 1 N–H and O–H groups in total. The van der Waals surface area contributed by atoms with Gasteiger partial charge in [-0.3, -0.25) is 20.1 Å². The van der Waals surface area contributed by atoms with Crippen molar-refractivity contribution in [2.45, 2.75) is 50.4 Å². The summed E-state index contributed by atoms with van der Waals surface area (Å²) in [5.74, 6) is -0.840. The Kier molecular flexibility index (Phi) is 5.92. The van der Waals surface area contributed by atoms with Crippen molar-refractivity contribution in [3.63, 3.8) is 0 Å². The second-order valence-corrected chi connectivity index (χ2v) is 5.67. The summed E-state index contributed by atoms with van der Waals surface area (Å²) in [4.78, 5) is 19.4. The van der Waals surface area contributed by atoms with Crippen molar-refractivity contribution >= 4 is 5.97 Å². The average Bonchev–Trinajstić information content (AvgIpc) is 2.55. The van der Waals surface area contributed by atoms with Crippen LogP contribution in [0.4, 0.5) is 13.2 Å². The molecule has 1 aliphatic carbocycles. The van der Waals surface area contributed by atoms with Crippen LogP contribution in [0.25, 0.3) is 0 Å². The number of hydrogen-bond acceptors (Lipinski definition) is 5. The van der Waals surface area contributed by atoms with Crippen molar-refractivity contribution in [1.82, 2.24) is 15.3 Å². The predicted molar refractivity (Wildman–Crippen MR) is 76.3 cm³/mol. The van der Waals surface area contributed by atoms with E-state index in [1.807, 2.05) is 0 Å². The minimum absolute atomic E-state index is 0.169. The molecule has 8 heteroatoms. The van der Waals surface area contributed by atoms with Crippen LogP contribution >= 0.6 is 0 Å². The third-order valence-corrected chi connectivity index (χ3v) is 4.13. The van der Waals surface area contributed by atoms with E-state index >= 15 is 0 Å². The standard InChI is InChI=1S/C15H20F3N3O2/c1-23-14(22)12(10-5-3-2-4-6-10)21-13(15(16,17)18)11-9-19-7-8-20-11/h7-10,12-13,21H,2-6H2,1H3/t12-,13-/m0/s1. The molecular formula is C15H20F3N3O2. The van der Waals surface area contributed by atoms with Gasteiger partial charge in [0.25, 0.3) is 0 Å². The van der Waals surface area contributed by atoms with E-state index in [1.54, 1.807) is 0 Å². The van der Waals surface area contributed by atoms with E-state index in [0.29, 0.717) is 12.8 Å². The highest BCUT2D eigenvalue weighted by atomic mass is 19.4. The highest BCUT2D eigenvalue weighted by Gasteiger charge is 2.45. The van der Waals surface area contributed by atoms with Gasteiger partial charge in [-0.05, 0) is 18.8 Å². The van der Waals surface area contributed by atoms with Gasteiger partial charge in [0, 0.05) is 12.4 Å². The number of halogens is 3. The summed E-state index contributed by atoms with van der Waals surface area (Å²) in [6, 6.07) is -3.06. The van der Waals surface area contributed by atoms with Gasteiger partial charge in [0.2, 0.25) is 0 Å². The van der Waals surface area contributed by atoms with E-state index in [-0.39, 0.29) is 11.6 Å². The molecule has 0 saturated heterocycles. The number of nitrogens with one attached hydrogen (secondary N) is 1.